The fourth-order valence-corrected chi connectivity index (χ4v) is 1.52. The largest absolute Gasteiger partial charge is 0.489 e. The monoisotopic (exact) mass is 251 g/mol. The van der Waals surface area contributed by atoms with Crippen LogP contribution in [0.2, 0.25) is 5.02 Å². The number of hydrogen-bond acceptors (Lipinski definition) is 2. The Labute approximate surface area is 104 Å². The number of nitrogens with two attached hydrogens (primary N) is 1. The van der Waals surface area contributed by atoms with Gasteiger partial charge in [-0.15, -0.1) is 0 Å². The molecular formula is C13H11ClFNO. The molecule has 0 spiro atoms. The predicted molar refractivity (Wildman–Crippen MR) is 66.6 cm³/mol. The molecule has 2 rings (SSSR count). The van der Waals surface area contributed by atoms with E-state index in [0.717, 1.165) is 0 Å². The van der Waals surface area contributed by atoms with Crippen molar-refractivity contribution in [3.8, 4) is 5.75 Å². The number of rotatable bonds is 3. The zero-order valence-electron chi connectivity index (χ0n) is 8.99. The van der Waals surface area contributed by atoms with E-state index >= 15 is 0 Å². The number of halogens is 2. The summed E-state index contributed by atoms with van der Waals surface area (Å²) in [5.74, 6) is 0.340. The van der Waals surface area contributed by atoms with E-state index in [1.807, 2.05) is 0 Å². The summed E-state index contributed by atoms with van der Waals surface area (Å²) < 4.78 is 18.5. The Morgan fingerprint density at radius 3 is 2.53 bits per heavy atom. The van der Waals surface area contributed by atoms with E-state index in [1.165, 1.54) is 18.2 Å². The Morgan fingerprint density at radius 1 is 1.12 bits per heavy atom. The lowest BCUT2D eigenvalue weighted by Crippen LogP contribution is -2.00. The molecule has 4 heteroatoms. The Balaban J connectivity index is 2.07. The first-order chi connectivity index (χ1) is 8.15. The second kappa shape index (κ2) is 5.06. The highest BCUT2D eigenvalue weighted by Crippen LogP contribution is 2.19. The summed E-state index contributed by atoms with van der Waals surface area (Å²) in [6, 6.07) is 11.2. The van der Waals surface area contributed by atoms with Gasteiger partial charge < -0.3 is 10.5 Å². The molecule has 0 fully saturated rings. The van der Waals surface area contributed by atoms with Crippen molar-refractivity contribution in [3.05, 3.63) is 58.9 Å². The zero-order valence-corrected chi connectivity index (χ0v) is 9.75. The third kappa shape index (κ3) is 3.11. The number of ether oxygens (including phenoxy) is 1. The first-order valence-corrected chi connectivity index (χ1v) is 5.45. The fraction of sp³-hybridized carbons (Fsp3) is 0.0769. The molecule has 0 aliphatic carbocycles. The van der Waals surface area contributed by atoms with Gasteiger partial charge in [-0.05, 0) is 42.5 Å². The number of hydrogen-bond donors (Lipinski definition) is 1. The SMILES string of the molecule is Nc1ccc(F)cc1COc1ccc(Cl)cc1. The molecule has 0 aliphatic rings. The molecule has 0 saturated carbocycles. The summed E-state index contributed by atoms with van der Waals surface area (Å²) in [6.45, 7) is 0.227. The summed E-state index contributed by atoms with van der Waals surface area (Å²) in [6.07, 6.45) is 0. The molecule has 2 aromatic carbocycles. The topological polar surface area (TPSA) is 35.2 Å². The molecule has 0 atom stereocenters. The summed E-state index contributed by atoms with van der Waals surface area (Å²) in [4.78, 5) is 0. The van der Waals surface area contributed by atoms with Gasteiger partial charge in [0, 0.05) is 16.3 Å². The van der Waals surface area contributed by atoms with E-state index in [2.05, 4.69) is 0 Å². The van der Waals surface area contributed by atoms with Crippen LogP contribution in [0.5, 0.6) is 5.75 Å². The van der Waals surface area contributed by atoms with Crippen LogP contribution in [-0.4, -0.2) is 0 Å². The van der Waals surface area contributed by atoms with Crippen LogP contribution < -0.4 is 10.5 Å². The van der Waals surface area contributed by atoms with Gasteiger partial charge in [-0.3, -0.25) is 0 Å². The summed E-state index contributed by atoms with van der Waals surface area (Å²) in [5.41, 5.74) is 6.85. The molecule has 0 radical (unpaired) electrons. The van der Waals surface area contributed by atoms with Gasteiger partial charge in [-0.25, -0.2) is 4.39 Å². The fourth-order valence-electron chi connectivity index (χ4n) is 1.39. The Hall–Kier alpha value is -1.74. The lowest BCUT2D eigenvalue weighted by atomic mass is 10.2. The molecule has 0 bridgehead atoms. The molecule has 0 amide bonds. The van der Waals surface area contributed by atoms with Crippen molar-refractivity contribution in [2.45, 2.75) is 6.61 Å². The van der Waals surface area contributed by atoms with E-state index in [9.17, 15) is 4.39 Å². The van der Waals surface area contributed by atoms with Crippen LogP contribution in [0.4, 0.5) is 10.1 Å². The van der Waals surface area contributed by atoms with Crippen LogP contribution in [0.3, 0.4) is 0 Å². The minimum absolute atomic E-state index is 0.227. The van der Waals surface area contributed by atoms with Crippen molar-refractivity contribution in [2.75, 3.05) is 5.73 Å². The van der Waals surface area contributed by atoms with E-state index in [4.69, 9.17) is 22.1 Å². The van der Waals surface area contributed by atoms with Crippen molar-refractivity contribution < 1.29 is 9.13 Å². The lowest BCUT2D eigenvalue weighted by Gasteiger charge is -2.08. The first-order valence-electron chi connectivity index (χ1n) is 5.07. The van der Waals surface area contributed by atoms with E-state index in [1.54, 1.807) is 24.3 Å². The van der Waals surface area contributed by atoms with Gasteiger partial charge in [-0.2, -0.15) is 0 Å². The van der Waals surface area contributed by atoms with Gasteiger partial charge >= 0.3 is 0 Å². The summed E-state index contributed by atoms with van der Waals surface area (Å²) >= 11 is 5.75. The Bertz CT molecular complexity index is 513. The third-order valence-corrected chi connectivity index (χ3v) is 2.56. The average Bonchev–Trinajstić information content (AvgIpc) is 2.32. The highest BCUT2D eigenvalue weighted by Gasteiger charge is 2.02. The van der Waals surface area contributed by atoms with Gasteiger partial charge in [0.2, 0.25) is 0 Å². The standard InChI is InChI=1S/C13H11ClFNO/c14-10-1-4-12(5-2-10)17-8-9-7-11(15)3-6-13(9)16/h1-7H,8,16H2. The summed E-state index contributed by atoms with van der Waals surface area (Å²) in [5, 5.41) is 0.641. The quantitative estimate of drug-likeness (QED) is 0.846. The van der Waals surface area contributed by atoms with E-state index in [-0.39, 0.29) is 12.4 Å². The molecule has 2 N–H and O–H groups in total. The normalized spacial score (nSPS) is 10.2. The van der Waals surface area contributed by atoms with Crippen molar-refractivity contribution in [1.82, 2.24) is 0 Å². The van der Waals surface area contributed by atoms with Crippen molar-refractivity contribution >= 4 is 17.3 Å². The summed E-state index contributed by atoms with van der Waals surface area (Å²) in [7, 11) is 0. The minimum Gasteiger partial charge on any atom is -0.489 e. The molecule has 17 heavy (non-hydrogen) atoms. The van der Waals surface area contributed by atoms with Crippen LogP contribution in [0.15, 0.2) is 42.5 Å². The van der Waals surface area contributed by atoms with Crippen LogP contribution in [0.1, 0.15) is 5.56 Å². The van der Waals surface area contributed by atoms with Crippen LogP contribution in [-0.2, 0) is 6.61 Å². The lowest BCUT2D eigenvalue weighted by molar-refractivity contribution is 0.306. The van der Waals surface area contributed by atoms with Gasteiger partial charge in [0.25, 0.3) is 0 Å². The molecule has 0 aliphatic heterocycles. The first kappa shape index (κ1) is 11.7. The van der Waals surface area contributed by atoms with Crippen molar-refractivity contribution in [2.24, 2.45) is 0 Å². The molecule has 2 aromatic rings. The van der Waals surface area contributed by atoms with Gasteiger partial charge in [0.15, 0.2) is 0 Å². The number of benzene rings is 2. The van der Waals surface area contributed by atoms with Gasteiger partial charge in [0.05, 0.1) is 0 Å². The highest BCUT2D eigenvalue weighted by atomic mass is 35.5. The maximum Gasteiger partial charge on any atom is 0.123 e. The van der Waals surface area contributed by atoms with Crippen LogP contribution >= 0.6 is 11.6 Å². The molecule has 88 valence electrons. The van der Waals surface area contributed by atoms with Gasteiger partial charge in [-0.1, -0.05) is 11.6 Å². The van der Waals surface area contributed by atoms with Gasteiger partial charge in [0.1, 0.15) is 18.2 Å². The zero-order chi connectivity index (χ0) is 12.3. The number of anilines is 1. The Morgan fingerprint density at radius 2 is 1.82 bits per heavy atom. The highest BCUT2D eigenvalue weighted by molar-refractivity contribution is 6.30. The molecule has 2 nitrogen and oxygen atoms in total. The molecule has 0 unspecified atom stereocenters. The third-order valence-electron chi connectivity index (χ3n) is 2.31. The predicted octanol–water partition coefficient (Wildman–Crippen LogP) is 3.64. The van der Waals surface area contributed by atoms with Crippen molar-refractivity contribution in [1.29, 1.82) is 0 Å². The Kier molecular flexibility index (Phi) is 3.49. The molecule has 0 aromatic heterocycles. The minimum atomic E-state index is -0.325. The van der Waals surface area contributed by atoms with E-state index in [0.29, 0.717) is 22.0 Å². The second-order valence-corrected chi connectivity index (χ2v) is 4.02. The van der Waals surface area contributed by atoms with Crippen molar-refractivity contribution in [3.63, 3.8) is 0 Å². The molecule has 0 saturated heterocycles. The van der Waals surface area contributed by atoms with Crippen LogP contribution in [0, 0.1) is 5.82 Å². The molecular weight excluding hydrogens is 241 g/mol. The second-order valence-electron chi connectivity index (χ2n) is 3.59. The maximum atomic E-state index is 13.0. The molecule has 0 heterocycles. The average molecular weight is 252 g/mol. The van der Waals surface area contributed by atoms with E-state index < -0.39 is 0 Å². The number of nitrogen functional groups attached to an aromatic ring is 1. The smallest absolute Gasteiger partial charge is 0.123 e. The van der Waals surface area contributed by atoms with Crippen LogP contribution in [0.25, 0.3) is 0 Å². The maximum absolute atomic E-state index is 13.0.